The van der Waals surface area contributed by atoms with Gasteiger partial charge in [-0.25, -0.2) is 4.79 Å². The van der Waals surface area contributed by atoms with E-state index in [0.29, 0.717) is 5.56 Å². The number of carboxylic acids is 1. The molecule has 0 saturated carbocycles. The lowest BCUT2D eigenvalue weighted by molar-refractivity contribution is -0.120. The fourth-order valence-corrected chi connectivity index (χ4v) is 1.43. The van der Waals surface area contributed by atoms with Crippen LogP contribution in [-0.4, -0.2) is 23.0 Å². The molecule has 1 rings (SSSR count). The molecule has 0 aliphatic heterocycles. The Morgan fingerprint density at radius 3 is 2.50 bits per heavy atom. The Kier molecular flexibility index (Phi) is 4.05. The van der Waals surface area contributed by atoms with E-state index in [-0.39, 0.29) is 23.9 Å². The molecular weight excluding hydrogens is 206 g/mol. The van der Waals surface area contributed by atoms with Crippen molar-refractivity contribution in [1.82, 2.24) is 5.32 Å². The van der Waals surface area contributed by atoms with Crippen molar-refractivity contribution in [1.29, 1.82) is 0 Å². The van der Waals surface area contributed by atoms with Gasteiger partial charge in [0.2, 0.25) is 5.91 Å². The maximum absolute atomic E-state index is 11.5. The number of hydrogen-bond donors (Lipinski definition) is 2. The summed E-state index contributed by atoms with van der Waals surface area (Å²) in [4.78, 5) is 22.4. The van der Waals surface area contributed by atoms with Crippen LogP contribution in [0, 0.1) is 0 Å². The Balaban J connectivity index is 2.81. The summed E-state index contributed by atoms with van der Waals surface area (Å²) in [5, 5.41) is 11.7. The first kappa shape index (κ1) is 12.2. The molecule has 0 radical (unpaired) electrons. The lowest BCUT2D eigenvalue weighted by Gasteiger charge is -2.09. The summed E-state index contributed by atoms with van der Waals surface area (Å²) < 4.78 is 0. The van der Waals surface area contributed by atoms with Crippen molar-refractivity contribution in [3.8, 4) is 0 Å². The van der Waals surface area contributed by atoms with Crippen molar-refractivity contribution >= 4 is 11.9 Å². The number of carbonyl (C=O) groups is 2. The normalized spacial score (nSPS) is 10.2. The number of amides is 1. The van der Waals surface area contributed by atoms with E-state index in [1.54, 1.807) is 18.2 Å². The van der Waals surface area contributed by atoms with Crippen LogP contribution in [0.4, 0.5) is 0 Å². The van der Waals surface area contributed by atoms with Crippen LogP contribution >= 0.6 is 0 Å². The SMILES string of the molecule is CC(C)NC(=O)Cc1ccccc1C(=O)O. The van der Waals surface area contributed by atoms with Crippen LogP contribution in [0.2, 0.25) is 0 Å². The van der Waals surface area contributed by atoms with E-state index in [1.807, 2.05) is 13.8 Å². The highest BCUT2D eigenvalue weighted by Crippen LogP contribution is 2.09. The minimum Gasteiger partial charge on any atom is -0.478 e. The molecule has 0 aliphatic rings. The lowest BCUT2D eigenvalue weighted by Crippen LogP contribution is -2.31. The summed E-state index contributed by atoms with van der Waals surface area (Å²) in [6.07, 6.45) is 0.0979. The predicted molar refractivity (Wildman–Crippen MR) is 60.4 cm³/mol. The molecule has 4 heteroatoms. The van der Waals surface area contributed by atoms with Crippen molar-refractivity contribution in [3.05, 3.63) is 35.4 Å². The van der Waals surface area contributed by atoms with Crippen LogP contribution in [0.3, 0.4) is 0 Å². The van der Waals surface area contributed by atoms with E-state index in [0.717, 1.165) is 0 Å². The Hall–Kier alpha value is -1.84. The second-order valence-corrected chi connectivity index (χ2v) is 3.86. The number of rotatable bonds is 4. The van der Waals surface area contributed by atoms with Crippen LogP contribution in [0.15, 0.2) is 24.3 Å². The molecule has 0 heterocycles. The molecule has 0 saturated heterocycles. The maximum Gasteiger partial charge on any atom is 0.335 e. The molecule has 0 spiro atoms. The van der Waals surface area contributed by atoms with Crippen LogP contribution in [0.1, 0.15) is 29.8 Å². The first-order valence-corrected chi connectivity index (χ1v) is 5.11. The number of nitrogens with one attached hydrogen (secondary N) is 1. The third-order valence-electron chi connectivity index (χ3n) is 2.05. The summed E-state index contributed by atoms with van der Waals surface area (Å²) in [6, 6.07) is 6.59. The van der Waals surface area contributed by atoms with Gasteiger partial charge in [0.05, 0.1) is 12.0 Å². The monoisotopic (exact) mass is 221 g/mol. The Morgan fingerprint density at radius 2 is 1.94 bits per heavy atom. The maximum atomic E-state index is 11.5. The molecular formula is C12H15NO3. The number of aromatic carboxylic acids is 1. The summed E-state index contributed by atoms with van der Waals surface area (Å²) in [7, 11) is 0. The number of benzene rings is 1. The molecule has 2 N–H and O–H groups in total. The van der Waals surface area contributed by atoms with Crippen LogP contribution < -0.4 is 5.32 Å². The zero-order valence-corrected chi connectivity index (χ0v) is 9.36. The number of carboxylic acid groups (broad SMARTS) is 1. The largest absolute Gasteiger partial charge is 0.478 e. The first-order valence-electron chi connectivity index (χ1n) is 5.11. The quantitative estimate of drug-likeness (QED) is 0.808. The summed E-state index contributed by atoms with van der Waals surface area (Å²) in [5.74, 6) is -1.17. The van der Waals surface area contributed by atoms with Gasteiger partial charge >= 0.3 is 5.97 Å². The first-order chi connectivity index (χ1) is 7.50. The summed E-state index contributed by atoms with van der Waals surface area (Å²) >= 11 is 0. The average molecular weight is 221 g/mol. The number of carbonyl (C=O) groups excluding carboxylic acids is 1. The van der Waals surface area contributed by atoms with Gasteiger partial charge in [-0.1, -0.05) is 18.2 Å². The molecule has 0 aromatic heterocycles. The highest BCUT2D eigenvalue weighted by Gasteiger charge is 2.12. The van der Waals surface area contributed by atoms with Crippen molar-refractivity contribution in [2.24, 2.45) is 0 Å². The second-order valence-electron chi connectivity index (χ2n) is 3.86. The van der Waals surface area contributed by atoms with Crippen molar-refractivity contribution in [3.63, 3.8) is 0 Å². The topological polar surface area (TPSA) is 66.4 Å². The van der Waals surface area contributed by atoms with Crippen molar-refractivity contribution < 1.29 is 14.7 Å². The zero-order valence-electron chi connectivity index (χ0n) is 9.36. The lowest BCUT2D eigenvalue weighted by atomic mass is 10.0. The van der Waals surface area contributed by atoms with Gasteiger partial charge in [-0.05, 0) is 25.5 Å². The minimum atomic E-state index is -1.01. The zero-order chi connectivity index (χ0) is 12.1. The van der Waals surface area contributed by atoms with E-state index in [1.165, 1.54) is 6.07 Å². The smallest absolute Gasteiger partial charge is 0.335 e. The molecule has 4 nitrogen and oxygen atoms in total. The van der Waals surface area contributed by atoms with E-state index < -0.39 is 5.97 Å². The van der Waals surface area contributed by atoms with Crippen LogP contribution in [-0.2, 0) is 11.2 Å². The van der Waals surface area contributed by atoms with E-state index in [2.05, 4.69) is 5.32 Å². The van der Waals surface area contributed by atoms with Crippen molar-refractivity contribution in [2.45, 2.75) is 26.3 Å². The fraction of sp³-hybridized carbons (Fsp3) is 0.333. The summed E-state index contributed by atoms with van der Waals surface area (Å²) in [6.45, 7) is 3.72. The highest BCUT2D eigenvalue weighted by atomic mass is 16.4. The van der Waals surface area contributed by atoms with Gasteiger partial charge in [0.25, 0.3) is 0 Å². The molecule has 86 valence electrons. The van der Waals surface area contributed by atoms with Crippen LogP contribution in [0.5, 0.6) is 0 Å². The molecule has 0 atom stereocenters. The van der Waals surface area contributed by atoms with Gasteiger partial charge in [-0.15, -0.1) is 0 Å². The van der Waals surface area contributed by atoms with Gasteiger partial charge in [0, 0.05) is 6.04 Å². The molecule has 1 amide bonds. The second kappa shape index (κ2) is 5.30. The Bertz CT molecular complexity index is 399. The summed E-state index contributed by atoms with van der Waals surface area (Å²) in [5.41, 5.74) is 0.717. The fourth-order valence-electron chi connectivity index (χ4n) is 1.43. The molecule has 0 bridgehead atoms. The standard InChI is InChI=1S/C12H15NO3/c1-8(2)13-11(14)7-9-5-3-4-6-10(9)12(15)16/h3-6,8H,7H2,1-2H3,(H,13,14)(H,15,16). The van der Waals surface area contributed by atoms with Crippen molar-refractivity contribution in [2.75, 3.05) is 0 Å². The predicted octanol–water partition coefficient (Wildman–Crippen LogP) is 1.45. The Morgan fingerprint density at radius 1 is 1.31 bits per heavy atom. The van der Waals surface area contributed by atoms with E-state index >= 15 is 0 Å². The van der Waals surface area contributed by atoms with Gasteiger partial charge < -0.3 is 10.4 Å². The van der Waals surface area contributed by atoms with Gasteiger partial charge in [0.15, 0.2) is 0 Å². The van der Waals surface area contributed by atoms with E-state index in [4.69, 9.17) is 5.11 Å². The van der Waals surface area contributed by atoms with Gasteiger partial charge in [-0.3, -0.25) is 4.79 Å². The molecule has 0 unspecified atom stereocenters. The molecule has 1 aromatic rings. The Labute approximate surface area is 94.3 Å². The van der Waals surface area contributed by atoms with Crippen LogP contribution in [0.25, 0.3) is 0 Å². The number of hydrogen-bond acceptors (Lipinski definition) is 2. The minimum absolute atomic E-state index is 0.0597. The molecule has 1 aromatic carbocycles. The average Bonchev–Trinajstić information content (AvgIpc) is 2.16. The molecule has 0 fully saturated rings. The highest BCUT2D eigenvalue weighted by molar-refractivity contribution is 5.91. The third kappa shape index (κ3) is 3.38. The molecule has 0 aliphatic carbocycles. The van der Waals surface area contributed by atoms with Gasteiger partial charge in [-0.2, -0.15) is 0 Å². The third-order valence-corrected chi connectivity index (χ3v) is 2.05. The van der Waals surface area contributed by atoms with Gasteiger partial charge in [0.1, 0.15) is 0 Å². The van der Waals surface area contributed by atoms with E-state index in [9.17, 15) is 9.59 Å². The molecule has 16 heavy (non-hydrogen) atoms.